The summed E-state index contributed by atoms with van der Waals surface area (Å²) in [5.74, 6) is 0.172. The van der Waals surface area contributed by atoms with E-state index in [9.17, 15) is 12.8 Å². The van der Waals surface area contributed by atoms with Gasteiger partial charge in [0.25, 0.3) is 10.0 Å². The van der Waals surface area contributed by atoms with Crippen molar-refractivity contribution in [1.29, 1.82) is 0 Å². The van der Waals surface area contributed by atoms with E-state index in [1.54, 1.807) is 18.3 Å². The topological polar surface area (TPSA) is 51.5 Å². The molecule has 8 heteroatoms. The fraction of sp³-hybridized carbons (Fsp3) is 0.263. The average Bonchev–Trinajstić information content (AvgIpc) is 3.00. The lowest BCUT2D eigenvalue weighted by molar-refractivity contribution is 0.402. The van der Waals surface area contributed by atoms with Gasteiger partial charge in [-0.3, -0.25) is 4.90 Å². The number of aromatic nitrogens is 1. The van der Waals surface area contributed by atoms with Crippen LogP contribution in [0.5, 0.6) is 5.75 Å². The lowest BCUT2D eigenvalue weighted by atomic mass is 10.2. The van der Waals surface area contributed by atoms with Crippen LogP contribution in [0.4, 0.5) is 4.39 Å². The quantitative estimate of drug-likeness (QED) is 0.455. The molecule has 5 nitrogen and oxygen atoms in total. The molecule has 0 aliphatic carbocycles. The van der Waals surface area contributed by atoms with Crippen LogP contribution in [-0.4, -0.2) is 43.9 Å². The number of nitrogens with zero attached hydrogens (tertiary/aromatic N) is 2. The zero-order valence-corrected chi connectivity index (χ0v) is 17.1. The van der Waals surface area contributed by atoms with E-state index in [1.165, 1.54) is 53.2 Å². The molecular weight excluding hydrogens is 387 g/mol. The Labute approximate surface area is 162 Å². The summed E-state index contributed by atoms with van der Waals surface area (Å²) >= 11 is 1.48. The van der Waals surface area contributed by atoms with Gasteiger partial charge < -0.3 is 4.74 Å². The standard InChI is InChI=1S/C19H21FN2O3S2/c1-13(21(2)3)26-19-12-22(18-10-5-14(20)11-17(18)19)27(23,24)16-8-6-15(25-4)7-9-16/h5-13H,1-4H3. The van der Waals surface area contributed by atoms with Crippen LogP contribution in [0.1, 0.15) is 6.92 Å². The zero-order chi connectivity index (χ0) is 19.8. The Kier molecular flexibility index (Phi) is 5.50. The van der Waals surface area contributed by atoms with E-state index >= 15 is 0 Å². The van der Waals surface area contributed by atoms with Gasteiger partial charge in [0.1, 0.15) is 11.6 Å². The highest BCUT2D eigenvalue weighted by Crippen LogP contribution is 2.35. The third kappa shape index (κ3) is 3.83. The minimum Gasteiger partial charge on any atom is -0.497 e. The van der Waals surface area contributed by atoms with E-state index in [4.69, 9.17) is 4.74 Å². The molecule has 3 aromatic rings. The van der Waals surface area contributed by atoms with Gasteiger partial charge in [0, 0.05) is 16.5 Å². The second-order valence-corrected chi connectivity index (χ2v) is 9.48. The summed E-state index contributed by atoms with van der Waals surface area (Å²) in [5.41, 5.74) is 0.445. The van der Waals surface area contributed by atoms with Gasteiger partial charge >= 0.3 is 0 Å². The van der Waals surface area contributed by atoms with Crippen LogP contribution >= 0.6 is 11.8 Å². The molecule has 0 amide bonds. The first-order valence-corrected chi connectivity index (χ1v) is 10.6. The van der Waals surface area contributed by atoms with Crippen LogP contribution in [-0.2, 0) is 10.0 Å². The van der Waals surface area contributed by atoms with E-state index in [0.29, 0.717) is 21.5 Å². The number of ether oxygens (including phenoxy) is 1. The lowest BCUT2D eigenvalue weighted by Crippen LogP contribution is -2.20. The Balaban J connectivity index is 2.15. The lowest BCUT2D eigenvalue weighted by Gasteiger charge is -2.18. The van der Waals surface area contributed by atoms with E-state index in [0.717, 1.165) is 0 Å². The van der Waals surface area contributed by atoms with Gasteiger partial charge in [-0.25, -0.2) is 16.8 Å². The minimum absolute atomic E-state index is 0.0935. The van der Waals surface area contributed by atoms with Gasteiger partial charge in [-0.1, -0.05) is 0 Å². The summed E-state index contributed by atoms with van der Waals surface area (Å²) in [6.07, 6.45) is 1.56. The van der Waals surface area contributed by atoms with Crippen LogP contribution in [0.25, 0.3) is 10.9 Å². The molecule has 0 spiro atoms. The fourth-order valence-corrected chi connectivity index (χ4v) is 5.06. The third-order valence-corrected chi connectivity index (χ3v) is 7.37. The number of methoxy groups -OCH3 is 1. The summed E-state index contributed by atoms with van der Waals surface area (Å²) in [7, 11) is 1.57. The van der Waals surface area contributed by atoms with Crippen molar-refractivity contribution in [3.63, 3.8) is 0 Å². The van der Waals surface area contributed by atoms with E-state index in [1.807, 2.05) is 25.9 Å². The van der Waals surface area contributed by atoms with Crippen molar-refractivity contribution in [1.82, 2.24) is 8.87 Å². The first kappa shape index (κ1) is 19.7. The molecule has 2 aromatic carbocycles. The molecule has 0 saturated carbocycles. The minimum atomic E-state index is -3.83. The molecular formula is C19H21FN2O3S2. The van der Waals surface area contributed by atoms with Crippen molar-refractivity contribution in [2.24, 2.45) is 0 Å². The number of rotatable bonds is 6. The predicted molar refractivity (Wildman–Crippen MR) is 106 cm³/mol. The Bertz CT molecular complexity index is 1060. The van der Waals surface area contributed by atoms with Crippen LogP contribution in [0.3, 0.4) is 0 Å². The number of thioether (sulfide) groups is 1. The molecule has 0 saturated heterocycles. The van der Waals surface area contributed by atoms with Gasteiger partial charge in [-0.2, -0.15) is 0 Å². The molecule has 1 atom stereocenters. The zero-order valence-electron chi connectivity index (χ0n) is 15.5. The number of hydrogen-bond donors (Lipinski definition) is 0. The van der Waals surface area contributed by atoms with Crippen molar-refractivity contribution >= 4 is 32.7 Å². The maximum Gasteiger partial charge on any atom is 0.268 e. The maximum absolute atomic E-state index is 13.8. The van der Waals surface area contributed by atoms with Crippen molar-refractivity contribution in [3.05, 3.63) is 54.5 Å². The second kappa shape index (κ2) is 7.53. The monoisotopic (exact) mass is 408 g/mol. The highest BCUT2D eigenvalue weighted by Gasteiger charge is 2.23. The third-order valence-electron chi connectivity index (χ3n) is 4.34. The highest BCUT2D eigenvalue weighted by atomic mass is 32.2. The van der Waals surface area contributed by atoms with Crippen molar-refractivity contribution in [2.45, 2.75) is 22.1 Å². The first-order valence-electron chi connectivity index (χ1n) is 8.27. The summed E-state index contributed by atoms with van der Waals surface area (Å²) in [4.78, 5) is 2.86. The second-order valence-electron chi connectivity index (χ2n) is 6.31. The molecule has 1 unspecified atom stereocenters. The first-order chi connectivity index (χ1) is 12.7. The van der Waals surface area contributed by atoms with Gasteiger partial charge in [-0.15, -0.1) is 11.8 Å². The molecule has 0 radical (unpaired) electrons. The Hall–Kier alpha value is -2.03. The molecule has 0 bridgehead atoms. The Morgan fingerprint density at radius 1 is 1.15 bits per heavy atom. The van der Waals surface area contributed by atoms with Gasteiger partial charge in [0.2, 0.25) is 0 Å². The number of benzene rings is 2. The number of fused-ring (bicyclic) bond motifs is 1. The normalized spacial score (nSPS) is 13.3. The largest absolute Gasteiger partial charge is 0.497 e. The molecule has 1 aromatic heterocycles. The van der Waals surface area contributed by atoms with Crippen LogP contribution in [0, 0.1) is 5.82 Å². The van der Waals surface area contributed by atoms with Crippen molar-refractivity contribution in [3.8, 4) is 5.75 Å². The molecule has 3 rings (SSSR count). The van der Waals surface area contributed by atoms with Gasteiger partial charge in [-0.05, 0) is 63.5 Å². The molecule has 0 fully saturated rings. The molecule has 27 heavy (non-hydrogen) atoms. The van der Waals surface area contributed by atoms with Crippen LogP contribution < -0.4 is 4.74 Å². The maximum atomic E-state index is 13.8. The predicted octanol–water partition coefficient (Wildman–Crippen LogP) is 4.03. The molecule has 0 aliphatic rings. The summed E-state index contributed by atoms with van der Waals surface area (Å²) in [6.45, 7) is 2.01. The average molecular weight is 409 g/mol. The number of halogens is 1. The smallest absolute Gasteiger partial charge is 0.268 e. The van der Waals surface area contributed by atoms with E-state index in [-0.39, 0.29) is 10.3 Å². The Morgan fingerprint density at radius 3 is 2.41 bits per heavy atom. The molecule has 0 N–H and O–H groups in total. The SMILES string of the molecule is COc1ccc(S(=O)(=O)n2cc(SC(C)N(C)C)c3cc(F)ccc32)cc1. The van der Waals surface area contributed by atoms with Crippen molar-refractivity contribution in [2.75, 3.05) is 21.2 Å². The van der Waals surface area contributed by atoms with E-state index < -0.39 is 15.8 Å². The molecule has 1 heterocycles. The molecule has 0 aliphatic heterocycles. The highest BCUT2D eigenvalue weighted by molar-refractivity contribution is 8.00. The Morgan fingerprint density at radius 2 is 1.81 bits per heavy atom. The van der Waals surface area contributed by atoms with Crippen molar-refractivity contribution < 1.29 is 17.5 Å². The van der Waals surface area contributed by atoms with Gasteiger partial charge in [0.05, 0.1) is 22.9 Å². The molecule has 144 valence electrons. The van der Waals surface area contributed by atoms with Gasteiger partial charge in [0.15, 0.2) is 0 Å². The fourth-order valence-electron chi connectivity index (χ4n) is 2.59. The number of hydrogen-bond acceptors (Lipinski definition) is 5. The summed E-state index contributed by atoms with van der Waals surface area (Å²) < 4.78 is 46.5. The van der Waals surface area contributed by atoms with E-state index in [2.05, 4.69) is 0 Å². The van der Waals surface area contributed by atoms with Crippen LogP contribution in [0.2, 0.25) is 0 Å². The van der Waals surface area contributed by atoms with Crippen LogP contribution in [0.15, 0.2) is 58.5 Å². The summed E-state index contributed by atoms with van der Waals surface area (Å²) in [6, 6.07) is 10.3. The summed E-state index contributed by atoms with van der Waals surface area (Å²) in [5, 5.41) is 0.668.